The molecule has 0 aliphatic heterocycles. The van der Waals surface area contributed by atoms with Crippen LogP contribution in [0.3, 0.4) is 0 Å². The van der Waals surface area contributed by atoms with Crippen molar-refractivity contribution in [3.63, 3.8) is 0 Å². The first-order chi connectivity index (χ1) is 29.7. The third-order valence-corrected chi connectivity index (χ3v) is 13.3. The second kappa shape index (κ2) is 14.0. The van der Waals surface area contributed by atoms with E-state index in [4.69, 9.17) is 0 Å². The van der Waals surface area contributed by atoms with Crippen LogP contribution in [-0.4, -0.2) is 4.57 Å². The zero-order valence-corrected chi connectivity index (χ0v) is 35.4. The molecule has 0 amide bonds. The number of rotatable bonds is 6. The molecule has 0 atom stereocenters. The number of para-hydroxylation sites is 1. The Hall–Kier alpha value is -7.16. The highest BCUT2D eigenvalue weighted by molar-refractivity contribution is 6.18. The fourth-order valence-electron chi connectivity index (χ4n) is 10.3. The van der Waals surface area contributed by atoms with Gasteiger partial charge in [-0.25, -0.2) is 0 Å². The molecule has 61 heavy (non-hydrogen) atoms. The summed E-state index contributed by atoms with van der Waals surface area (Å²) in [5.41, 5.74) is 18.0. The van der Waals surface area contributed by atoms with Crippen molar-refractivity contribution in [1.82, 2.24) is 4.57 Å². The van der Waals surface area contributed by atoms with Crippen molar-refractivity contribution >= 4 is 49.6 Å². The Morgan fingerprint density at radius 1 is 0.475 bits per heavy atom. The highest BCUT2D eigenvalue weighted by Crippen LogP contribution is 2.60. The molecular weight excluding hydrogens is 737 g/mol. The highest BCUT2D eigenvalue weighted by atomic mass is 15.1. The zero-order valence-electron chi connectivity index (χ0n) is 35.4. The number of aryl methyl sites for hydroxylation is 2. The average molecular weight is 785 g/mol. The summed E-state index contributed by atoms with van der Waals surface area (Å²) >= 11 is 0. The molecule has 1 aliphatic carbocycles. The first-order valence-corrected chi connectivity index (χ1v) is 21.5. The largest absolute Gasteiger partial charge is 0.344 e. The van der Waals surface area contributed by atoms with E-state index >= 15 is 0 Å². The van der Waals surface area contributed by atoms with Gasteiger partial charge in [-0.05, 0) is 110 Å². The molecule has 0 fully saturated rings. The van der Waals surface area contributed by atoms with E-state index < -0.39 is 5.41 Å². The van der Waals surface area contributed by atoms with Gasteiger partial charge in [0.25, 0.3) is 0 Å². The smallest absolute Gasteiger partial charge is 0.0714 e. The van der Waals surface area contributed by atoms with Crippen LogP contribution in [0.25, 0.3) is 54.8 Å². The number of hydrogen-bond acceptors (Lipinski definition) is 1. The molecule has 1 heterocycles. The molecule has 0 spiro atoms. The molecule has 0 unspecified atom stereocenters. The van der Waals surface area contributed by atoms with Crippen molar-refractivity contribution in [2.24, 2.45) is 7.05 Å². The zero-order chi connectivity index (χ0) is 41.5. The van der Waals surface area contributed by atoms with Crippen molar-refractivity contribution in [2.45, 2.75) is 38.5 Å². The van der Waals surface area contributed by atoms with Crippen LogP contribution in [0.1, 0.15) is 54.2 Å². The minimum atomic E-state index is -0.617. The van der Waals surface area contributed by atoms with Crippen molar-refractivity contribution in [2.75, 3.05) is 4.90 Å². The quantitative estimate of drug-likeness (QED) is 0.163. The van der Waals surface area contributed by atoms with Gasteiger partial charge in [0.1, 0.15) is 0 Å². The fourth-order valence-corrected chi connectivity index (χ4v) is 10.3. The molecule has 2 heteroatoms. The Kier molecular flexibility index (Phi) is 8.44. The molecule has 1 aliphatic rings. The van der Waals surface area contributed by atoms with E-state index in [1.54, 1.807) is 0 Å². The molecule has 9 aromatic carbocycles. The van der Waals surface area contributed by atoms with Crippen LogP contribution in [0.5, 0.6) is 0 Å². The Labute approximate surface area is 359 Å². The van der Waals surface area contributed by atoms with Crippen LogP contribution in [0.15, 0.2) is 200 Å². The van der Waals surface area contributed by atoms with Gasteiger partial charge in [-0.3, -0.25) is 0 Å². The van der Waals surface area contributed by atoms with Gasteiger partial charge >= 0.3 is 0 Å². The Morgan fingerprint density at radius 3 is 1.79 bits per heavy atom. The van der Waals surface area contributed by atoms with Crippen LogP contribution >= 0.6 is 0 Å². The maximum atomic E-state index is 2.54. The van der Waals surface area contributed by atoms with Gasteiger partial charge in [0, 0.05) is 34.4 Å². The van der Waals surface area contributed by atoms with E-state index in [-0.39, 0.29) is 5.41 Å². The summed E-state index contributed by atoms with van der Waals surface area (Å²) in [5.74, 6) is 0. The number of hydrogen-bond donors (Lipinski definition) is 0. The lowest BCUT2D eigenvalue weighted by atomic mass is 9.67. The van der Waals surface area contributed by atoms with Gasteiger partial charge in [-0.15, -0.1) is 0 Å². The summed E-state index contributed by atoms with van der Waals surface area (Å²) in [4.78, 5) is 2.53. The summed E-state index contributed by atoms with van der Waals surface area (Å²) < 4.78 is 2.34. The molecule has 1 aromatic heterocycles. The lowest BCUT2D eigenvalue weighted by molar-refractivity contribution is 0.590. The monoisotopic (exact) mass is 784 g/mol. The van der Waals surface area contributed by atoms with E-state index in [2.05, 4.69) is 244 Å². The molecule has 11 rings (SSSR count). The predicted octanol–water partition coefficient (Wildman–Crippen LogP) is 15.6. The van der Waals surface area contributed by atoms with Crippen LogP contribution in [0, 0.1) is 6.92 Å². The molecule has 10 aromatic rings. The maximum Gasteiger partial charge on any atom is 0.0714 e. The van der Waals surface area contributed by atoms with Gasteiger partial charge in [-0.2, -0.15) is 0 Å². The Balaban J connectivity index is 1.28. The Bertz CT molecular complexity index is 3250. The van der Waals surface area contributed by atoms with E-state index in [0.29, 0.717) is 0 Å². The summed E-state index contributed by atoms with van der Waals surface area (Å²) in [5, 5.41) is 4.95. The number of nitrogens with zero attached hydrogens (tertiary/aromatic N) is 2. The van der Waals surface area contributed by atoms with E-state index in [1.807, 2.05) is 0 Å². The first kappa shape index (κ1) is 36.9. The topological polar surface area (TPSA) is 8.17 Å². The summed E-state index contributed by atoms with van der Waals surface area (Å²) in [6, 6.07) is 75.1. The van der Waals surface area contributed by atoms with Gasteiger partial charge in [0.15, 0.2) is 0 Å². The van der Waals surface area contributed by atoms with E-state index in [1.165, 1.54) is 88.2 Å². The van der Waals surface area contributed by atoms with Crippen LogP contribution in [0.2, 0.25) is 0 Å². The molecule has 0 saturated carbocycles. The standard InChI is InChI=1S/C59H48N2/c1-39-30-33-45(34-31-39)61(54-29-17-28-53-57(54)49-26-14-15-27-52(49)60(53)5)55-38-51-56(47-25-13-12-24-46(47)55)48-35-32-41(40-18-16-23-44(36-40)58(2,3)4)37-50(48)59(51,42-19-8-6-9-20-42)43-21-10-7-11-22-43/h6-38H,1-5H3. The lowest BCUT2D eigenvalue weighted by Crippen LogP contribution is -2.29. The molecule has 294 valence electrons. The predicted molar refractivity (Wildman–Crippen MR) is 259 cm³/mol. The number of anilines is 3. The number of fused-ring (bicyclic) bond motifs is 8. The van der Waals surface area contributed by atoms with Gasteiger partial charge in [-0.1, -0.05) is 184 Å². The average Bonchev–Trinajstić information content (AvgIpc) is 3.76. The minimum absolute atomic E-state index is 0.0375. The second-order valence-electron chi connectivity index (χ2n) is 17.9. The highest BCUT2D eigenvalue weighted by Gasteiger charge is 2.47. The molecule has 0 radical (unpaired) electrons. The minimum Gasteiger partial charge on any atom is -0.344 e. The molecule has 0 saturated heterocycles. The number of benzene rings is 9. The third kappa shape index (κ3) is 5.62. The molecular formula is C59H48N2. The summed E-state index contributed by atoms with van der Waals surface area (Å²) in [7, 11) is 2.19. The SMILES string of the molecule is Cc1ccc(N(c2cc3c(c4ccccc24)-c2ccc(-c4cccc(C(C)(C)C)c4)cc2C3(c2ccccc2)c2ccccc2)c2cccc3c2c2ccccc2n3C)cc1. The van der Waals surface area contributed by atoms with Crippen molar-refractivity contribution in [1.29, 1.82) is 0 Å². The maximum absolute atomic E-state index is 2.54. The van der Waals surface area contributed by atoms with E-state index in [0.717, 1.165) is 17.1 Å². The first-order valence-electron chi connectivity index (χ1n) is 21.5. The summed E-state index contributed by atoms with van der Waals surface area (Å²) in [6.07, 6.45) is 0. The van der Waals surface area contributed by atoms with Gasteiger partial charge < -0.3 is 9.47 Å². The lowest BCUT2D eigenvalue weighted by Gasteiger charge is -2.35. The van der Waals surface area contributed by atoms with E-state index in [9.17, 15) is 0 Å². The molecule has 2 nitrogen and oxygen atoms in total. The normalized spacial score (nSPS) is 13.1. The van der Waals surface area contributed by atoms with Crippen molar-refractivity contribution in [3.05, 3.63) is 234 Å². The van der Waals surface area contributed by atoms with Gasteiger partial charge in [0.05, 0.1) is 22.3 Å². The Morgan fingerprint density at radius 2 is 1.08 bits per heavy atom. The summed E-state index contributed by atoms with van der Waals surface area (Å²) in [6.45, 7) is 9.06. The van der Waals surface area contributed by atoms with Crippen molar-refractivity contribution < 1.29 is 0 Å². The molecule has 0 N–H and O–H groups in total. The van der Waals surface area contributed by atoms with Crippen LogP contribution in [-0.2, 0) is 17.9 Å². The van der Waals surface area contributed by atoms with Gasteiger partial charge in [0.2, 0.25) is 0 Å². The van der Waals surface area contributed by atoms with Crippen LogP contribution < -0.4 is 4.90 Å². The van der Waals surface area contributed by atoms with Crippen molar-refractivity contribution in [3.8, 4) is 22.3 Å². The molecule has 0 bridgehead atoms. The fraction of sp³-hybridized carbons (Fsp3) is 0.119. The second-order valence-corrected chi connectivity index (χ2v) is 17.9. The van der Waals surface area contributed by atoms with Crippen LogP contribution in [0.4, 0.5) is 17.1 Å². The number of aromatic nitrogens is 1. The third-order valence-electron chi connectivity index (χ3n) is 13.3.